The quantitative estimate of drug-likeness (QED) is 0.539. The van der Waals surface area contributed by atoms with Gasteiger partial charge >= 0.3 is 5.69 Å². The third-order valence-corrected chi connectivity index (χ3v) is 4.55. The van der Waals surface area contributed by atoms with Crippen molar-refractivity contribution >= 4 is 40.8 Å². The van der Waals surface area contributed by atoms with E-state index in [1.54, 1.807) is 30.3 Å². The van der Waals surface area contributed by atoms with E-state index in [-0.39, 0.29) is 5.69 Å². The van der Waals surface area contributed by atoms with Gasteiger partial charge in [0.1, 0.15) is 6.04 Å². The lowest BCUT2D eigenvalue weighted by Gasteiger charge is -2.07. The van der Waals surface area contributed by atoms with E-state index in [9.17, 15) is 24.0 Å². The van der Waals surface area contributed by atoms with Crippen LogP contribution in [-0.4, -0.2) is 26.9 Å². The molecular formula is C18H14N4O5S. The Labute approximate surface area is 161 Å². The van der Waals surface area contributed by atoms with E-state index in [4.69, 9.17) is 5.73 Å². The maximum Gasteiger partial charge on any atom is 0.325 e. The number of thioether (sulfide) groups is 1. The number of carbonyl (C=O) groups is 3. The Hall–Kier alpha value is -3.50. The number of rotatable bonds is 5. The van der Waals surface area contributed by atoms with E-state index in [0.717, 1.165) is 17.8 Å². The molecule has 1 saturated heterocycles. The minimum absolute atomic E-state index is 0.0206. The van der Waals surface area contributed by atoms with Crippen LogP contribution in [0.4, 0.5) is 4.79 Å². The van der Waals surface area contributed by atoms with Gasteiger partial charge in [-0.25, -0.2) is 4.79 Å². The molecule has 0 radical (unpaired) electrons. The number of nitrogens with one attached hydrogen (secondary N) is 3. The first-order valence-electron chi connectivity index (χ1n) is 7.98. The first-order chi connectivity index (χ1) is 13.3. The number of amides is 2. The van der Waals surface area contributed by atoms with Gasteiger partial charge in [0.15, 0.2) is 5.78 Å². The summed E-state index contributed by atoms with van der Waals surface area (Å²) in [5.74, 6) is -0.929. The zero-order valence-corrected chi connectivity index (χ0v) is 15.0. The van der Waals surface area contributed by atoms with E-state index in [1.807, 2.05) is 4.98 Å². The van der Waals surface area contributed by atoms with Crippen molar-refractivity contribution in [2.45, 2.75) is 6.04 Å². The van der Waals surface area contributed by atoms with E-state index in [1.165, 1.54) is 12.2 Å². The number of benzene rings is 1. The molecule has 2 amide bonds. The number of aromatic nitrogens is 2. The predicted molar refractivity (Wildman–Crippen MR) is 104 cm³/mol. The minimum atomic E-state index is -1.18. The van der Waals surface area contributed by atoms with E-state index >= 15 is 0 Å². The second kappa shape index (κ2) is 8.03. The van der Waals surface area contributed by atoms with Gasteiger partial charge in [0.05, 0.1) is 4.91 Å². The van der Waals surface area contributed by atoms with Crippen molar-refractivity contribution in [3.63, 3.8) is 0 Å². The van der Waals surface area contributed by atoms with Crippen molar-refractivity contribution < 1.29 is 14.4 Å². The molecule has 1 fully saturated rings. The molecule has 28 heavy (non-hydrogen) atoms. The average Bonchev–Trinajstić information content (AvgIpc) is 2.96. The molecule has 1 aliphatic rings. The van der Waals surface area contributed by atoms with Crippen LogP contribution in [0.5, 0.6) is 0 Å². The number of hydrogen-bond acceptors (Lipinski definition) is 7. The Morgan fingerprint density at radius 1 is 1.04 bits per heavy atom. The number of carbonyl (C=O) groups excluding carboxylic acids is 3. The summed E-state index contributed by atoms with van der Waals surface area (Å²) in [7, 11) is 0. The van der Waals surface area contributed by atoms with Gasteiger partial charge in [0.25, 0.3) is 16.7 Å². The summed E-state index contributed by atoms with van der Waals surface area (Å²) in [5, 5.41) is 1.77. The Kier molecular flexibility index (Phi) is 5.52. The summed E-state index contributed by atoms with van der Waals surface area (Å²) in [5.41, 5.74) is 5.83. The number of ketones is 1. The summed E-state index contributed by atoms with van der Waals surface area (Å²) in [6, 6.07) is 6.77. The van der Waals surface area contributed by atoms with Gasteiger partial charge in [-0.2, -0.15) is 0 Å². The summed E-state index contributed by atoms with van der Waals surface area (Å²) in [4.78, 5) is 62.0. The molecule has 1 aromatic carbocycles. The first-order valence-corrected chi connectivity index (χ1v) is 8.79. The van der Waals surface area contributed by atoms with Crippen molar-refractivity contribution in [3.05, 3.63) is 79.0 Å². The fraction of sp³-hybridized carbons (Fsp3) is 0.0556. The number of aromatic amines is 2. The molecule has 142 valence electrons. The fourth-order valence-corrected chi connectivity index (χ4v) is 3.05. The van der Waals surface area contributed by atoms with Gasteiger partial charge in [-0.05, 0) is 35.0 Å². The molecule has 2 heterocycles. The van der Waals surface area contributed by atoms with Crippen LogP contribution in [0, 0.1) is 0 Å². The standard InChI is InChI=1S/C18H14N4O5S/c19-15(11-8-14(24)21-17(26)20-11)12(23)6-5-9-1-3-10(4-2-9)7-13-16(25)22-18(27)28-13/h1-8,15H,19H2,(H,22,25,27)(H2,20,21,24,26). The average molecular weight is 398 g/mol. The number of hydrogen-bond donors (Lipinski definition) is 4. The van der Waals surface area contributed by atoms with E-state index in [2.05, 4.69) is 10.3 Å². The number of H-pyrrole nitrogens is 2. The normalized spacial score (nSPS) is 16.5. The van der Waals surface area contributed by atoms with Crippen molar-refractivity contribution in [1.82, 2.24) is 15.3 Å². The topological polar surface area (TPSA) is 155 Å². The second-order valence-corrected chi connectivity index (χ2v) is 6.79. The molecule has 0 bridgehead atoms. The largest absolute Gasteiger partial charge is 0.325 e. The van der Waals surface area contributed by atoms with Crippen molar-refractivity contribution in [2.75, 3.05) is 0 Å². The highest BCUT2D eigenvalue weighted by Crippen LogP contribution is 2.25. The molecule has 2 aromatic rings. The maximum atomic E-state index is 12.2. The molecule has 1 atom stereocenters. The molecule has 3 rings (SSSR count). The van der Waals surface area contributed by atoms with Gasteiger partial charge in [-0.3, -0.25) is 29.5 Å². The van der Waals surface area contributed by atoms with Crippen LogP contribution in [-0.2, 0) is 9.59 Å². The molecule has 1 aliphatic heterocycles. The Morgan fingerprint density at radius 2 is 1.71 bits per heavy atom. The number of imide groups is 1. The Bertz CT molecular complexity index is 1100. The van der Waals surface area contributed by atoms with Crippen LogP contribution in [0.25, 0.3) is 12.2 Å². The van der Waals surface area contributed by atoms with Crippen LogP contribution < -0.4 is 22.3 Å². The SMILES string of the molecule is NC(C(=O)C=Cc1ccc(C=C2SC(=O)NC2=O)cc1)c1cc(=O)[nH]c(=O)[nH]1. The highest BCUT2D eigenvalue weighted by atomic mass is 32.2. The maximum absolute atomic E-state index is 12.2. The molecule has 9 nitrogen and oxygen atoms in total. The van der Waals surface area contributed by atoms with Gasteiger partial charge in [-0.1, -0.05) is 30.3 Å². The van der Waals surface area contributed by atoms with Gasteiger partial charge in [0, 0.05) is 11.8 Å². The minimum Gasteiger partial charge on any atom is -0.316 e. The summed E-state index contributed by atoms with van der Waals surface area (Å²) >= 11 is 0.829. The van der Waals surface area contributed by atoms with Crippen LogP contribution in [0.15, 0.2) is 50.9 Å². The summed E-state index contributed by atoms with van der Waals surface area (Å²) < 4.78 is 0. The lowest BCUT2D eigenvalue weighted by molar-refractivity contribution is -0.116. The molecular weight excluding hydrogens is 384 g/mol. The van der Waals surface area contributed by atoms with Gasteiger partial charge in [0.2, 0.25) is 0 Å². The molecule has 0 spiro atoms. The lowest BCUT2D eigenvalue weighted by Crippen LogP contribution is -2.29. The van der Waals surface area contributed by atoms with Crippen molar-refractivity contribution in [3.8, 4) is 0 Å². The van der Waals surface area contributed by atoms with Crippen molar-refractivity contribution in [2.24, 2.45) is 5.73 Å². The Morgan fingerprint density at radius 3 is 2.32 bits per heavy atom. The van der Waals surface area contributed by atoms with Crippen LogP contribution in [0.1, 0.15) is 22.9 Å². The molecule has 1 unspecified atom stereocenters. The van der Waals surface area contributed by atoms with Crippen molar-refractivity contribution in [1.29, 1.82) is 0 Å². The monoisotopic (exact) mass is 398 g/mol. The van der Waals surface area contributed by atoms with Gasteiger partial charge < -0.3 is 10.7 Å². The number of nitrogens with two attached hydrogens (primary N) is 1. The first kappa shape index (κ1) is 19.3. The Balaban J connectivity index is 1.70. The van der Waals surface area contributed by atoms with E-state index in [0.29, 0.717) is 16.0 Å². The predicted octanol–water partition coefficient (Wildman–Crippen LogP) is 0.669. The lowest BCUT2D eigenvalue weighted by atomic mass is 10.1. The van der Waals surface area contributed by atoms with Gasteiger partial charge in [-0.15, -0.1) is 0 Å². The smallest absolute Gasteiger partial charge is 0.316 e. The van der Waals surface area contributed by atoms with Crippen LogP contribution in [0.3, 0.4) is 0 Å². The summed E-state index contributed by atoms with van der Waals surface area (Å²) in [6.07, 6.45) is 4.37. The summed E-state index contributed by atoms with van der Waals surface area (Å²) in [6.45, 7) is 0. The highest BCUT2D eigenvalue weighted by Gasteiger charge is 2.24. The molecule has 1 aromatic heterocycles. The second-order valence-electron chi connectivity index (χ2n) is 5.78. The molecule has 5 N–H and O–H groups in total. The fourth-order valence-electron chi connectivity index (χ4n) is 2.37. The zero-order valence-electron chi connectivity index (χ0n) is 14.2. The third-order valence-electron chi connectivity index (χ3n) is 3.74. The zero-order chi connectivity index (χ0) is 20.3. The molecule has 10 heteroatoms. The third kappa shape index (κ3) is 4.61. The van der Waals surface area contributed by atoms with Crippen LogP contribution >= 0.6 is 11.8 Å². The molecule has 0 saturated carbocycles. The van der Waals surface area contributed by atoms with E-state index < -0.39 is 34.2 Å². The molecule has 0 aliphatic carbocycles. The highest BCUT2D eigenvalue weighted by molar-refractivity contribution is 8.18. The van der Waals surface area contributed by atoms with Crippen LogP contribution in [0.2, 0.25) is 0 Å².